The van der Waals surface area contributed by atoms with Crippen molar-refractivity contribution in [2.24, 2.45) is 34.5 Å². The summed E-state index contributed by atoms with van der Waals surface area (Å²) in [5.74, 6) is 3.05. The fraction of sp³-hybridized carbons (Fsp3) is 0.882. The highest BCUT2D eigenvalue weighted by atomic mass is 14.5. The molecule has 0 bridgehead atoms. The van der Waals surface area contributed by atoms with Gasteiger partial charge in [-0.1, -0.05) is 54.5 Å². The summed E-state index contributed by atoms with van der Waals surface area (Å²) in [5, 5.41) is 0. The van der Waals surface area contributed by atoms with E-state index in [4.69, 9.17) is 0 Å². The normalized spacial score (nSPS) is 35.4. The van der Waals surface area contributed by atoms with Crippen molar-refractivity contribution in [3.05, 3.63) is 12.7 Å². The molecular weight excluding hydrogens is 204 g/mol. The lowest BCUT2D eigenvalue weighted by Gasteiger charge is -2.51. The van der Waals surface area contributed by atoms with Crippen molar-refractivity contribution in [3.63, 3.8) is 0 Å². The summed E-state index contributed by atoms with van der Waals surface area (Å²) in [6.07, 6.45) is 4.99. The predicted molar refractivity (Wildman–Crippen MR) is 78.0 cm³/mol. The third-order valence-corrected chi connectivity index (χ3v) is 5.79. The smallest absolute Gasteiger partial charge is 0.0151 e. The topological polar surface area (TPSA) is 0 Å². The standard InChI is InChI=1S/C17H32/c1-9-15-14(13(3)16(4,5)6)11-10-12(2)17(15,7)8/h9,12-15H,1,10-11H2,2-8H3/t12?,13?,14?,15-/m0/s1. The Morgan fingerprint density at radius 1 is 1.24 bits per heavy atom. The van der Waals surface area contributed by atoms with Crippen LogP contribution in [0, 0.1) is 34.5 Å². The molecule has 0 spiro atoms. The molecule has 0 radical (unpaired) electrons. The fourth-order valence-electron chi connectivity index (χ4n) is 3.56. The molecular formula is C17H32. The highest BCUT2D eigenvalue weighted by Gasteiger charge is 2.45. The van der Waals surface area contributed by atoms with E-state index >= 15 is 0 Å². The molecule has 0 heterocycles. The minimum absolute atomic E-state index is 0.405. The van der Waals surface area contributed by atoms with Crippen molar-refractivity contribution in [1.82, 2.24) is 0 Å². The summed E-state index contributed by atoms with van der Waals surface area (Å²) in [5.41, 5.74) is 0.812. The molecule has 3 unspecified atom stereocenters. The van der Waals surface area contributed by atoms with Crippen LogP contribution >= 0.6 is 0 Å². The van der Waals surface area contributed by atoms with Crippen LogP contribution in [-0.2, 0) is 0 Å². The molecule has 1 aliphatic rings. The van der Waals surface area contributed by atoms with Gasteiger partial charge < -0.3 is 0 Å². The largest absolute Gasteiger partial charge is 0.103 e. The number of hydrogen-bond acceptors (Lipinski definition) is 0. The molecule has 100 valence electrons. The Morgan fingerprint density at radius 2 is 1.76 bits per heavy atom. The maximum Gasteiger partial charge on any atom is -0.0151 e. The van der Waals surface area contributed by atoms with Crippen LogP contribution in [0.1, 0.15) is 61.3 Å². The third kappa shape index (κ3) is 2.77. The van der Waals surface area contributed by atoms with Crippen LogP contribution in [-0.4, -0.2) is 0 Å². The lowest BCUT2D eigenvalue weighted by Crippen LogP contribution is -2.44. The Bertz CT molecular complexity index is 266. The molecule has 1 fully saturated rings. The van der Waals surface area contributed by atoms with Crippen LogP contribution in [0.3, 0.4) is 0 Å². The van der Waals surface area contributed by atoms with Crippen molar-refractivity contribution >= 4 is 0 Å². The van der Waals surface area contributed by atoms with Crippen LogP contribution in [0.15, 0.2) is 12.7 Å². The fourth-order valence-corrected chi connectivity index (χ4v) is 3.56. The highest BCUT2D eigenvalue weighted by molar-refractivity contribution is 5.02. The maximum atomic E-state index is 4.13. The van der Waals surface area contributed by atoms with Crippen LogP contribution in [0.5, 0.6) is 0 Å². The van der Waals surface area contributed by atoms with Gasteiger partial charge in [-0.05, 0) is 47.3 Å². The van der Waals surface area contributed by atoms with Crippen molar-refractivity contribution in [3.8, 4) is 0 Å². The summed E-state index contributed by atoms with van der Waals surface area (Å²) in [7, 11) is 0. The Hall–Kier alpha value is -0.260. The predicted octanol–water partition coefficient (Wildman–Crippen LogP) is 5.54. The minimum atomic E-state index is 0.405. The SMILES string of the molecule is C=C[C@H]1C(C(C)C(C)(C)C)CCC(C)C1(C)C. The van der Waals surface area contributed by atoms with E-state index in [0.29, 0.717) is 16.7 Å². The van der Waals surface area contributed by atoms with Crippen molar-refractivity contribution in [1.29, 1.82) is 0 Å². The Balaban J connectivity index is 2.98. The first kappa shape index (κ1) is 14.8. The van der Waals surface area contributed by atoms with Gasteiger partial charge in [-0.2, -0.15) is 0 Å². The first-order valence-corrected chi connectivity index (χ1v) is 7.25. The van der Waals surface area contributed by atoms with E-state index in [0.717, 1.165) is 17.8 Å². The minimum Gasteiger partial charge on any atom is -0.103 e. The average molecular weight is 236 g/mol. The Kier molecular flexibility index (Phi) is 4.16. The number of rotatable bonds is 2. The van der Waals surface area contributed by atoms with Gasteiger partial charge in [0, 0.05) is 0 Å². The van der Waals surface area contributed by atoms with Gasteiger partial charge in [0.15, 0.2) is 0 Å². The first-order valence-electron chi connectivity index (χ1n) is 7.25. The van der Waals surface area contributed by atoms with Gasteiger partial charge in [-0.15, -0.1) is 6.58 Å². The van der Waals surface area contributed by atoms with Crippen molar-refractivity contribution in [2.45, 2.75) is 61.3 Å². The summed E-state index contributed by atoms with van der Waals surface area (Å²) < 4.78 is 0. The van der Waals surface area contributed by atoms with E-state index in [1.165, 1.54) is 12.8 Å². The third-order valence-electron chi connectivity index (χ3n) is 5.79. The summed E-state index contributed by atoms with van der Waals surface area (Å²) in [4.78, 5) is 0. The van der Waals surface area contributed by atoms with Gasteiger partial charge in [-0.25, -0.2) is 0 Å². The zero-order valence-corrected chi connectivity index (χ0v) is 13.0. The average Bonchev–Trinajstić information content (AvgIpc) is 2.19. The van der Waals surface area contributed by atoms with Gasteiger partial charge in [0.1, 0.15) is 0 Å². The quantitative estimate of drug-likeness (QED) is 0.552. The van der Waals surface area contributed by atoms with E-state index in [1.54, 1.807) is 0 Å². The second-order valence-electron chi connectivity index (χ2n) is 7.88. The van der Waals surface area contributed by atoms with E-state index in [2.05, 4.69) is 61.1 Å². The zero-order valence-electron chi connectivity index (χ0n) is 13.0. The lowest BCUT2D eigenvalue weighted by atomic mass is 9.54. The molecule has 1 aliphatic carbocycles. The second-order valence-corrected chi connectivity index (χ2v) is 7.88. The van der Waals surface area contributed by atoms with Gasteiger partial charge in [0.05, 0.1) is 0 Å². The monoisotopic (exact) mass is 236 g/mol. The van der Waals surface area contributed by atoms with E-state index in [-0.39, 0.29) is 0 Å². The van der Waals surface area contributed by atoms with Crippen LogP contribution in [0.4, 0.5) is 0 Å². The molecule has 0 aromatic rings. The van der Waals surface area contributed by atoms with Gasteiger partial charge >= 0.3 is 0 Å². The maximum absolute atomic E-state index is 4.13. The number of allylic oxidation sites excluding steroid dienone is 1. The Morgan fingerprint density at radius 3 is 2.18 bits per heavy atom. The summed E-state index contributed by atoms with van der Waals surface area (Å²) >= 11 is 0. The lowest BCUT2D eigenvalue weighted by molar-refractivity contribution is -0.000739. The molecule has 1 rings (SSSR count). The van der Waals surface area contributed by atoms with E-state index in [9.17, 15) is 0 Å². The molecule has 1 saturated carbocycles. The number of hydrogen-bond donors (Lipinski definition) is 0. The summed E-state index contributed by atoms with van der Waals surface area (Å²) in [6, 6.07) is 0. The molecule has 0 aromatic carbocycles. The first-order chi connectivity index (χ1) is 7.62. The molecule has 4 atom stereocenters. The van der Waals surface area contributed by atoms with Crippen LogP contribution < -0.4 is 0 Å². The molecule has 0 aliphatic heterocycles. The molecule has 17 heavy (non-hydrogen) atoms. The molecule has 0 heteroatoms. The molecule has 0 saturated heterocycles. The van der Waals surface area contributed by atoms with Crippen LogP contribution in [0.25, 0.3) is 0 Å². The van der Waals surface area contributed by atoms with Gasteiger partial charge in [0.2, 0.25) is 0 Å². The summed E-state index contributed by atoms with van der Waals surface area (Å²) in [6.45, 7) is 21.0. The molecule has 0 N–H and O–H groups in total. The highest BCUT2D eigenvalue weighted by Crippen LogP contribution is 2.52. The molecule has 0 amide bonds. The second kappa shape index (κ2) is 4.78. The van der Waals surface area contributed by atoms with E-state index in [1.807, 2.05) is 0 Å². The van der Waals surface area contributed by atoms with Crippen molar-refractivity contribution in [2.75, 3.05) is 0 Å². The van der Waals surface area contributed by atoms with Crippen molar-refractivity contribution < 1.29 is 0 Å². The molecule has 0 aromatic heterocycles. The van der Waals surface area contributed by atoms with Gasteiger partial charge in [-0.3, -0.25) is 0 Å². The Labute approximate surface area is 109 Å². The molecule has 0 nitrogen and oxygen atoms in total. The van der Waals surface area contributed by atoms with Gasteiger partial charge in [0.25, 0.3) is 0 Å². The zero-order chi connectivity index (χ0) is 13.4. The van der Waals surface area contributed by atoms with E-state index < -0.39 is 0 Å². The van der Waals surface area contributed by atoms with Crippen LogP contribution in [0.2, 0.25) is 0 Å².